The van der Waals surface area contributed by atoms with Crippen molar-refractivity contribution < 1.29 is 14.3 Å². The summed E-state index contributed by atoms with van der Waals surface area (Å²) in [6.45, 7) is 7.51. The highest BCUT2D eigenvalue weighted by atomic mass is 79.9. The molecule has 2 aliphatic rings. The van der Waals surface area contributed by atoms with E-state index in [0.29, 0.717) is 5.75 Å². The van der Waals surface area contributed by atoms with E-state index < -0.39 is 17.7 Å². The first-order valence-corrected chi connectivity index (χ1v) is 10.9. The molecule has 0 bridgehead atoms. The van der Waals surface area contributed by atoms with Gasteiger partial charge in [-0.25, -0.2) is 4.79 Å². The first-order chi connectivity index (χ1) is 12.7. The number of ether oxygens (including phenoxy) is 1. The van der Waals surface area contributed by atoms with E-state index in [9.17, 15) is 9.59 Å². The number of amides is 2. The van der Waals surface area contributed by atoms with Gasteiger partial charge in [-0.1, -0.05) is 0 Å². The van der Waals surface area contributed by atoms with Crippen LogP contribution in [0.3, 0.4) is 0 Å². The number of alkyl carbamates (subject to hydrolysis) is 1. The van der Waals surface area contributed by atoms with Crippen molar-refractivity contribution in [1.29, 1.82) is 0 Å². The molecule has 6 nitrogen and oxygen atoms in total. The van der Waals surface area contributed by atoms with Crippen LogP contribution in [0.2, 0.25) is 0 Å². The maximum absolute atomic E-state index is 12.9. The Morgan fingerprint density at radius 1 is 1.26 bits per heavy atom. The zero-order valence-electron chi connectivity index (χ0n) is 16.2. The van der Waals surface area contributed by atoms with Crippen LogP contribution in [0.4, 0.5) is 16.2 Å². The van der Waals surface area contributed by atoms with E-state index >= 15 is 0 Å². The topological polar surface area (TPSA) is 61.9 Å². The van der Waals surface area contributed by atoms with E-state index in [1.54, 1.807) is 44.5 Å². The Morgan fingerprint density at radius 3 is 2.56 bits per heavy atom. The van der Waals surface area contributed by atoms with Crippen LogP contribution in [0.1, 0.15) is 33.6 Å². The first kappa shape index (κ1) is 20.3. The highest BCUT2D eigenvalue weighted by Gasteiger charge is 2.32. The van der Waals surface area contributed by atoms with Crippen LogP contribution in [0.5, 0.6) is 0 Å². The molecule has 0 spiro atoms. The number of nitrogens with one attached hydrogen (secondary N) is 1. The fourth-order valence-corrected chi connectivity index (χ4v) is 4.95. The molecule has 0 unspecified atom stereocenters. The molecule has 2 amide bonds. The lowest BCUT2D eigenvalue weighted by Crippen LogP contribution is -2.49. The summed E-state index contributed by atoms with van der Waals surface area (Å²) < 4.78 is 6.29. The largest absolute Gasteiger partial charge is 0.444 e. The minimum absolute atomic E-state index is 0.145. The van der Waals surface area contributed by atoms with Gasteiger partial charge in [-0.05, 0) is 61.7 Å². The molecule has 1 atom stereocenters. The number of carbonyl (C=O) groups is 2. The van der Waals surface area contributed by atoms with Gasteiger partial charge in [0.2, 0.25) is 5.91 Å². The summed E-state index contributed by atoms with van der Waals surface area (Å²) in [4.78, 5) is 30.0. The molecule has 0 radical (unpaired) electrons. The molecule has 1 fully saturated rings. The number of fused-ring (bicyclic) bond motifs is 1. The highest BCUT2D eigenvalue weighted by molar-refractivity contribution is 9.10. The molecular formula is C19H26BrN3O3S. The Bertz CT molecular complexity index is 744. The van der Waals surface area contributed by atoms with Gasteiger partial charge in [-0.15, -0.1) is 11.8 Å². The van der Waals surface area contributed by atoms with Gasteiger partial charge in [-0.2, -0.15) is 0 Å². The second-order valence-corrected chi connectivity index (χ2v) is 9.79. The second kappa shape index (κ2) is 7.91. The number of benzene rings is 1. The second-order valence-electron chi connectivity index (χ2n) is 7.87. The lowest BCUT2D eigenvalue weighted by atomic mass is 10.2. The van der Waals surface area contributed by atoms with Crippen molar-refractivity contribution in [3.8, 4) is 0 Å². The molecule has 8 heteroatoms. The number of halogens is 1. The van der Waals surface area contributed by atoms with Crippen molar-refractivity contribution in [1.82, 2.24) is 5.32 Å². The number of nitrogens with zero attached hydrogens (tertiary/aromatic N) is 2. The lowest BCUT2D eigenvalue weighted by Gasteiger charge is -2.25. The number of rotatable bonds is 2. The van der Waals surface area contributed by atoms with E-state index in [1.807, 2.05) is 6.07 Å². The molecule has 0 aliphatic carbocycles. The van der Waals surface area contributed by atoms with E-state index in [0.717, 1.165) is 33.8 Å². The molecule has 1 N–H and O–H groups in total. The van der Waals surface area contributed by atoms with Crippen molar-refractivity contribution >= 4 is 51.1 Å². The third-order valence-corrected chi connectivity index (χ3v) is 6.33. The van der Waals surface area contributed by atoms with E-state index in [4.69, 9.17) is 4.74 Å². The molecule has 0 saturated carbocycles. The molecule has 1 aromatic carbocycles. The number of anilines is 2. The zero-order valence-corrected chi connectivity index (χ0v) is 18.6. The molecule has 0 aromatic heterocycles. The van der Waals surface area contributed by atoms with Gasteiger partial charge in [0.1, 0.15) is 11.6 Å². The third-order valence-electron chi connectivity index (χ3n) is 4.56. The minimum atomic E-state index is -0.628. The molecule has 3 rings (SSSR count). The zero-order chi connectivity index (χ0) is 19.8. The molecule has 1 saturated heterocycles. The average Bonchev–Trinajstić information content (AvgIpc) is 3.07. The predicted molar refractivity (Wildman–Crippen MR) is 113 cm³/mol. The summed E-state index contributed by atoms with van der Waals surface area (Å²) in [5.41, 5.74) is 1.42. The van der Waals surface area contributed by atoms with Crippen molar-refractivity contribution in [2.75, 3.05) is 35.7 Å². The number of hydrogen-bond acceptors (Lipinski definition) is 5. The van der Waals surface area contributed by atoms with Gasteiger partial charge in [-0.3, -0.25) is 4.79 Å². The van der Waals surface area contributed by atoms with Gasteiger partial charge in [0, 0.05) is 35.3 Å². The van der Waals surface area contributed by atoms with Crippen LogP contribution in [0, 0.1) is 0 Å². The summed E-state index contributed by atoms with van der Waals surface area (Å²) in [5, 5.41) is 2.72. The molecular weight excluding hydrogens is 430 g/mol. The van der Waals surface area contributed by atoms with Crippen LogP contribution < -0.4 is 15.1 Å². The SMILES string of the molecule is CN1C(=O)[C@@H](NC(=O)OC(C)(C)C)CSc2cc(N3CCCC3)c(Br)cc21. The monoisotopic (exact) mass is 455 g/mol. The van der Waals surface area contributed by atoms with Crippen LogP contribution in [-0.4, -0.2) is 49.5 Å². The maximum atomic E-state index is 12.9. The third kappa shape index (κ3) is 4.71. The fraction of sp³-hybridized carbons (Fsp3) is 0.579. The number of carbonyl (C=O) groups excluding carboxylic acids is 2. The van der Waals surface area contributed by atoms with Crippen molar-refractivity contribution in [2.45, 2.75) is 50.2 Å². The van der Waals surface area contributed by atoms with Gasteiger partial charge in [0.25, 0.3) is 0 Å². The number of thioether (sulfide) groups is 1. The summed E-state index contributed by atoms with van der Waals surface area (Å²) in [5.74, 6) is 0.323. The first-order valence-electron chi connectivity index (χ1n) is 9.14. The molecule has 148 valence electrons. The Kier molecular flexibility index (Phi) is 5.96. The standard InChI is InChI=1S/C19H26BrN3O3S/c1-19(2,3)26-18(25)21-13-11-27-16-10-14(23-7-5-6-8-23)12(20)9-15(16)22(4)17(13)24/h9-10,13H,5-8,11H2,1-4H3,(H,21,25)/t13-/m0/s1. The van der Waals surface area contributed by atoms with Crippen molar-refractivity contribution in [3.05, 3.63) is 16.6 Å². The molecule has 27 heavy (non-hydrogen) atoms. The quantitative estimate of drug-likeness (QED) is 0.729. The number of hydrogen-bond donors (Lipinski definition) is 1. The Morgan fingerprint density at radius 2 is 1.93 bits per heavy atom. The van der Waals surface area contributed by atoms with Crippen LogP contribution >= 0.6 is 27.7 Å². The van der Waals surface area contributed by atoms with Crippen LogP contribution in [0.25, 0.3) is 0 Å². The smallest absolute Gasteiger partial charge is 0.408 e. The van der Waals surface area contributed by atoms with E-state index in [-0.39, 0.29) is 5.91 Å². The maximum Gasteiger partial charge on any atom is 0.408 e. The normalized spacial score (nSPS) is 20.3. The fourth-order valence-electron chi connectivity index (χ4n) is 3.26. The summed E-state index contributed by atoms with van der Waals surface area (Å²) in [6, 6.07) is 3.52. The van der Waals surface area contributed by atoms with Crippen molar-refractivity contribution in [3.63, 3.8) is 0 Å². The summed E-state index contributed by atoms with van der Waals surface area (Å²) in [7, 11) is 1.75. The van der Waals surface area contributed by atoms with Gasteiger partial charge >= 0.3 is 6.09 Å². The summed E-state index contributed by atoms with van der Waals surface area (Å²) >= 11 is 5.25. The summed E-state index contributed by atoms with van der Waals surface area (Å²) in [6.07, 6.45) is 1.84. The minimum Gasteiger partial charge on any atom is -0.444 e. The lowest BCUT2D eigenvalue weighted by molar-refractivity contribution is -0.119. The average molecular weight is 456 g/mol. The molecule has 2 heterocycles. The Labute approximate surface area is 173 Å². The number of likely N-dealkylation sites (N-methyl/N-ethyl adjacent to an activating group) is 1. The predicted octanol–water partition coefficient (Wildman–Crippen LogP) is 4.01. The Balaban J connectivity index is 1.81. The van der Waals surface area contributed by atoms with Crippen molar-refractivity contribution in [2.24, 2.45) is 0 Å². The van der Waals surface area contributed by atoms with Gasteiger partial charge in [0.05, 0.1) is 11.4 Å². The van der Waals surface area contributed by atoms with Crippen LogP contribution in [-0.2, 0) is 9.53 Å². The van der Waals surface area contributed by atoms with E-state index in [2.05, 4.69) is 32.2 Å². The van der Waals surface area contributed by atoms with Gasteiger partial charge < -0.3 is 19.9 Å². The van der Waals surface area contributed by atoms with Crippen LogP contribution in [0.15, 0.2) is 21.5 Å². The molecule has 2 aliphatic heterocycles. The van der Waals surface area contributed by atoms with E-state index in [1.165, 1.54) is 12.8 Å². The van der Waals surface area contributed by atoms with Gasteiger partial charge in [0.15, 0.2) is 0 Å². The highest BCUT2D eigenvalue weighted by Crippen LogP contribution is 2.41. The Hall–Kier alpha value is -1.41. The molecule has 1 aromatic rings.